The van der Waals surface area contributed by atoms with E-state index in [0.29, 0.717) is 11.4 Å². The second-order valence-corrected chi connectivity index (χ2v) is 4.04. The number of hydrogen-bond acceptors (Lipinski definition) is 3. The maximum atomic E-state index is 13.3. The van der Waals surface area contributed by atoms with Crippen LogP contribution < -0.4 is 0 Å². The van der Waals surface area contributed by atoms with Gasteiger partial charge in [0.05, 0.1) is 12.7 Å². The van der Waals surface area contributed by atoms with Crippen molar-refractivity contribution in [1.29, 1.82) is 5.26 Å². The molecule has 0 atom stereocenters. The molecule has 0 spiro atoms. The largest absolute Gasteiger partial charge is 0.464 e. The first kappa shape index (κ1) is 12.8. The van der Waals surface area contributed by atoms with Crippen LogP contribution in [0.1, 0.15) is 21.6 Å². The van der Waals surface area contributed by atoms with Crippen molar-refractivity contribution >= 4 is 5.97 Å². The molecule has 0 aliphatic carbocycles. The Morgan fingerprint density at radius 2 is 2.16 bits per heavy atom. The van der Waals surface area contributed by atoms with Gasteiger partial charge in [-0.2, -0.15) is 5.26 Å². The molecule has 0 aliphatic rings. The van der Waals surface area contributed by atoms with Gasteiger partial charge in [0.25, 0.3) is 0 Å². The van der Waals surface area contributed by atoms with E-state index in [9.17, 15) is 9.18 Å². The predicted octanol–water partition coefficient (Wildman–Crippen LogP) is 2.58. The first-order chi connectivity index (χ1) is 9.06. The van der Waals surface area contributed by atoms with E-state index >= 15 is 0 Å². The van der Waals surface area contributed by atoms with Crippen molar-refractivity contribution < 1.29 is 13.9 Å². The lowest BCUT2D eigenvalue weighted by atomic mass is 10.2. The fourth-order valence-corrected chi connectivity index (χ4v) is 1.82. The van der Waals surface area contributed by atoms with E-state index in [0.717, 1.165) is 5.56 Å². The van der Waals surface area contributed by atoms with Gasteiger partial charge in [-0.15, -0.1) is 0 Å². The summed E-state index contributed by atoms with van der Waals surface area (Å²) in [4.78, 5) is 11.7. The van der Waals surface area contributed by atoms with Gasteiger partial charge in [0.1, 0.15) is 17.6 Å². The Hall–Kier alpha value is -2.61. The van der Waals surface area contributed by atoms with Gasteiger partial charge in [-0.05, 0) is 36.8 Å². The summed E-state index contributed by atoms with van der Waals surface area (Å²) in [6, 6.07) is 7.53. The highest BCUT2D eigenvalue weighted by molar-refractivity contribution is 5.88. The van der Waals surface area contributed by atoms with Gasteiger partial charge in [-0.3, -0.25) is 0 Å². The van der Waals surface area contributed by atoms with Crippen LogP contribution in [0, 0.1) is 24.1 Å². The molecule has 96 valence electrons. The number of aromatic nitrogens is 1. The van der Waals surface area contributed by atoms with Crippen molar-refractivity contribution in [2.45, 2.75) is 6.92 Å². The summed E-state index contributed by atoms with van der Waals surface area (Å²) in [5.74, 6) is -1.08. The average molecular weight is 258 g/mol. The van der Waals surface area contributed by atoms with Crippen LogP contribution in [0.15, 0.2) is 30.5 Å². The monoisotopic (exact) mass is 258 g/mol. The van der Waals surface area contributed by atoms with E-state index < -0.39 is 11.8 Å². The third-order valence-corrected chi connectivity index (χ3v) is 2.70. The van der Waals surface area contributed by atoms with E-state index in [1.54, 1.807) is 22.9 Å². The lowest BCUT2D eigenvalue weighted by molar-refractivity contribution is 0.0591. The predicted molar refractivity (Wildman–Crippen MR) is 66.5 cm³/mol. The smallest absolute Gasteiger partial charge is 0.355 e. The number of nitrogens with zero attached hydrogens (tertiary/aromatic N) is 2. The molecule has 4 nitrogen and oxygen atoms in total. The molecule has 0 amide bonds. The number of carbonyl (C=O) groups excluding carboxylic acids is 1. The average Bonchev–Trinajstić information content (AvgIpc) is 2.80. The number of methoxy groups -OCH3 is 1. The number of nitriles is 1. The first-order valence-electron chi connectivity index (χ1n) is 5.54. The SMILES string of the molecule is COC(=O)c1cc(C)cn1-c1ccc(F)c(C#N)c1. The third-order valence-electron chi connectivity index (χ3n) is 2.70. The number of ether oxygens (including phenoxy) is 1. The Kier molecular flexibility index (Phi) is 3.34. The molecule has 19 heavy (non-hydrogen) atoms. The molecular formula is C14H11FN2O2. The summed E-state index contributed by atoms with van der Waals surface area (Å²) in [5.41, 5.74) is 1.66. The molecule has 2 rings (SSSR count). The molecule has 0 saturated carbocycles. The molecule has 0 radical (unpaired) electrons. The van der Waals surface area contributed by atoms with Crippen molar-refractivity contribution in [3.8, 4) is 11.8 Å². The molecule has 0 unspecified atom stereocenters. The van der Waals surface area contributed by atoms with Crippen molar-refractivity contribution in [1.82, 2.24) is 4.57 Å². The Bertz CT molecular complexity index is 683. The minimum absolute atomic E-state index is 0.0698. The topological polar surface area (TPSA) is 55.0 Å². The highest BCUT2D eigenvalue weighted by Gasteiger charge is 2.15. The minimum Gasteiger partial charge on any atom is -0.464 e. The maximum absolute atomic E-state index is 13.3. The van der Waals surface area contributed by atoms with Gasteiger partial charge >= 0.3 is 5.97 Å². The summed E-state index contributed by atoms with van der Waals surface area (Å²) in [5, 5.41) is 8.83. The molecule has 0 N–H and O–H groups in total. The summed E-state index contributed by atoms with van der Waals surface area (Å²) < 4.78 is 19.6. The van der Waals surface area contributed by atoms with Gasteiger partial charge in [-0.25, -0.2) is 9.18 Å². The van der Waals surface area contributed by atoms with Crippen molar-refractivity contribution in [2.24, 2.45) is 0 Å². The molecule has 0 fully saturated rings. The number of aryl methyl sites for hydroxylation is 1. The van der Waals surface area contributed by atoms with E-state index in [-0.39, 0.29) is 5.56 Å². The minimum atomic E-state index is -0.588. The molecule has 1 heterocycles. The highest BCUT2D eigenvalue weighted by Crippen LogP contribution is 2.19. The zero-order chi connectivity index (χ0) is 14.0. The summed E-state index contributed by atoms with van der Waals surface area (Å²) in [6.07, 6.45) is 1.72. The number of benzene rings is 1. The summed E-state index contributed by atoms with van der Waals surface area (Å²) in [6.45, 7) is 1.83. The lowest BCUT2D eigenvalue weighted by Crippen LogP contribution is -2.08. The highest BCUT2D eigenvalue weighted by atomic mass is 19.1. The molecule has 5 heteroatoms. The van der Waals surface area contributed by atoms with Crippen LogP contribution in [0.5, 0.6) is 0 Å². The Balaban J connectivity index is 2.59. The molecule has 0 bridgehead atoms. The molecule has 1 aromatic carbocycles. The standard InChI is InChI=1S/C14H11FN2O2/c1-9-5-13(14(18)19-2)17(8-9)11-3-4-12(15)10(6-11)7-16/h3-6,8H,1-2H3. The van der Waals surface area contributed by atoms with E-state index in [4.69, 9.17) is 10.00 Å². The van der Waals surface area contributed by atoms with E-state index in [1.165, 1.54) is 25.3 Å². The number of carbonyl (C=O) groups is 1. The Labute approximate surface area is 109 Å². The number of rotatable bonds is 2. The first-order valence-corrected chi connectivity index (χ1v) is 5.54. The van der Waals surface area contributed by atoms with Crippen LogP contribution in [0.4, 0.5) is 4.39 Å². The van der Waals surface area contributed by atoms with Gasteiger partial charge in [0, 0.05) is 11.9 Å². The normalized spacial score (nSPS) is 10.0. The van der Waals surface area contributed by atoms with Crippen molar-refractivity contribution in [2.75, 3.05) is 7.11 Å². The van der Waals surface area contributed by atoms with Crippen LogP contribution in [-0.4, -0.2) is 17.6 Å². The van der Waals surface area contributed by atoms with E-state index in [1.807, 2.05) is 6.92 Å². The van der Waals surface area contributed by atoms with Crippen LogP contribution in [-0.2, 0) is 4.74 Å². The molecule has 0 saturated heterocycles. The zero-order valence-corrected chi connectivity index (χ0v) is 10.5. The fraction of sp³-hybridized carbons (Fsp3) is 0.143. The number of halogens is 1. The van der Waals surface area contributed by atoms with Crippen LogP contribution >= 0.6 is 0 Å². The maximum Gasteiger partial charge on any atom is 0.355 e. The zero-order valence-electron chi connectivity index (χ0n) is 10.5. The third kappa shape index (κ3) is 2.33. The summed E-state index contributed by atoms with van der Waals surface area (Å²) >= 11 is 0. The number of hydrogen-bond donors (Lipinski definition) is 0. The van der Waals surface area contributed by atoms with Gasteiger partial charge in [0.2, 0.25) is 0 Å². The molecular weight excluding hydrogens is 247 g/mol. The van der Waals surface area contributed by atoms with Gasteiger partial charge in [-0.1, -0.05) is 0 Å². The number of esters is 1. The van der Waals surface area contributed by atoms with Crippen LogP contribution in [0.2, 0.25) is 0 Å². The van der Waals surface area contributed by atoms with Crippen LogP contribution in [0.25, 0.3) is 5.69 Å². The molecule has 2 aromatic rings. The quantitative estimate of drug-likeness (QED) is 0.778. The van der Waals surface area contributed by atoms with Crippen molar-refractivity contribution in [3.63, 3.8) is 0 Å². The molecule has 1 aromatic heterocycles. The summed E-state index contributed by atoms with van der Waals surface area (Å²) in [7, 11) is 1.29. The molecule has 0 aliphatic heterocycles. The van der Waals surface area contributed by atoms with Gasteiger partial charge in [0.15, 0.2) is 0 Å². The second-order valence-electron chi connectivity index (χ2n) is 4.04. The lowest BCUT2D eigenvalue weighted by Gasteiger charge is -2.08. The van der Waals surface area contributed by atoms with Crippen LogP contribution in [0.3, 0.4) is 0 Å². The fourth-order valence-electron chi connectivity index (χ4n) is 1.82. The van der Waals surface area contributed by atoms with E-state index in [2.05, 4.69) is 0 Å². The Morgan fingerprint density at radius 1 is 1.42 bits per heavy atom. The second kappa shape index (κ2) is 4.94. The Morgan fingerprint density at radius 3 is 2.79 bits per heavy atom. The van der Waals surface area contributed by atoms with Gasteiger partial charge < -0.3 is 9.30 Å². The van der Waals surface area contributed by atoms with Crippen molar-refractivity contribution in [3.05, 3.63) is 53.1 Å².